The van der Waals surface area contributed by atoms with Crippen molar-refractivity contribution in [2.45, 2.75) is 71.5 Å². The minimum atomic E-state index is -1.88. The molecule has 10 heteroatoms. The molecule has 0 spiro atoms. The zero-order valence-corrected chi connectivity index (χ0v) is 23.6. The maximum atomic E-state index is 12.7. The summed E-state index contributed by atoms with van der Waals surface area (Å²) in [4.78, 5) is 25.3. The first-order chi connectivity index (χ1) is 16.7. The van der Waals surface area contributed by atoms with Crippen LogP contribution in [0.2, 0.25) is 23.2 Å². The summed E-state index contributed by atoms with van der Waals surface area (Å²) < 4.78 is 6.21. The Balaban J connectivity index is 1.99. The quantitative estimate of drug-likeness (QED) is 0.290. The number of nitriles is 1. The third-order valence-electron chi connectivity index (χ3n) is 6.50. The summed E-state index contributed by atoms with van der Waals surface area (Å²) in [6.45, 7) is 14.5. The van der Waals surface area contributed by atoms with Crippen LogP contribution in [0.25, 0.3) is 0 Å². The van der Waals surface area contributed by atoms with Crippen LogP contribution in [0.4, 0.5) is 5.69 Å². The van der Waals surface area contributed by atoms with Crippen molar-refractivity contribution in [3.8, 4) is 6.07 Å². The predicted molar refractivity (Wildman–Crippen MR) is 144 cm³/mol. The van der Waals surface area contributed by atoms with Crippen molar-refractivity contribution in [3.05, 3.63) is 63.7 Å². The number of aliphatic hydroxyl groups excluding tert-OH is 1. The molecule has 0 heterocycles. The molecule has 0 aliphatic carbocycles. The van der Waals surface area contributed by atoms with Crippen molar-refractivity contribution in [2.75, 3.05) is 5.32 Å². The summed E-state index contributed by atoms with van der Waals surface area (Å²) in [5, 5.41) is 22.5. The first kappa shape index (κ1) is 29.3. The molecule has 0 unspecified atom stereocenters. The smallest absolute Gasteiger partial charge is 0.269 e. The molecular weight excluding hydrogens is 496 g/mol. The molecule has 2 aromatic carbocycles. The van der Waals surface area contributed by atoms with E-state index < -0.39 is 32.3 Å². The predicted octanol–water partition coefficient (Wildman–Crippen LogP) is 4.66. The van der Waals surface area contributed by atoms with E-state index >= 15 is 0 Å². The molecule has 2 aromatic rings. The zero-order valence-electron chi connectivity index (χ0n) is 21.8. The molecule has 0 saturated heterocycles. The van der Waals surface area contributed by atoms with Crippen LogP contribution in [0, 0.1) is 18.3 Å². The van der Waals surface area contributed by atoms with E-state index in [-0.39, 0.29) is 10.1 Å². The Bertz CT molecular complexity index is 1140. The summed E-state index contributed by atoms with van der Waals surface area (Å²) >= 11 is 6.20. The van der Waals surface area contributed by atoms with Crippen LogP contribution in [0.1, 0.15) is 54.7 Å². The highest BCUT2D eigenvalue weighted by atomic mass is 35.5. The Labute approximate surface area is 219 Å². The van der Waals surface area contributed by atoms with Crippen molar-refractivity contribution in [1.82, 2.24) is 10.9 Å². The molecular formula is C26H35ClN4O4Si. The fourth-order valence-electron chi connectivity index (χ4n) is 3.00. The molecule has 0 bridgehead atoms. The first-order valence-corrected chi connectivity index (χ1v) is 14.9. The van der Waals surface area contributed by atoms with Gasteiger partial charge in [0.25, 0.3) is 11.8 Å². The number of hydrogen-bond acceptors (Lipinski definition) is 6. The summed E-state index contributed by atoms with van der Waals surface area (Å²) in [5.74, 6) is -1.14. The van der Waals surface area contributed by atoms with E-state index in [0.717, 1.165) is 5.56 Å². The van der Waals surface area contributed by atoms with Crippen LogP contribution in [0.15, 0.2) is 36.4 Å². The van der Waals surface area contributed by atoms with Crippen LogP contribution in [0.3, 0.4) is 0 Å². The van der Waals surface area contributed by atoms with Gasteiger partial charge >= 0.3 is 0 Å². The van der Waals surface area contributed by atoms with Gasteiger partial charge in [-0.1, -0.05) is 44.5 Å². The number of carbonyl (C=O) groups excluding carboxylic acids is 2. The highest BCUT2D eigenvalue weighted by molar-refractivity contribution is 6.74. The summed E-state index contributed by atoms with van der Waals surface area (Å²) in [6.07, 6.45) is -1.09. The molecule has 8 nitrogen and oxygen atoms in total. The topological polar surface area (TPSA) is 123 Å². The van der Waals surface area contributed by atoms with Crippen molar-refractivity contribution >= 4 is 37.4 Å². The third-order valence-corrected chi connectivity index (χ3v) is 11.5. The molecule has 0 aliphatic rings. The van der Waals surface area contributed by atoms with E-state index in [1.807, 2.05) is 18.2 Å². The van der Waals surface area contributed by atoms with E-state index in [9.17, 15) is 14.7 Å². The number of aliphatic hydroxyl groups is 1. The number of benzene rings is 2. The lowest BCUT2D eigenvalue weighted by Crippen LogP contribution is -2.52. The van der Waals surface area contributed by atoms with Crippen LogP contribution in [0.5, 0.6) is 0 Å². The van der Waals surface area contributed by atoms with Crippen LogP contribution in [-0.2, 0) is 15.8 Å². The van der Waals surface area contributed by atoms with Gasteiger partial charge < -0.3 is 14.8 Å². The fraction of sp³-hybridized carbons (Fsp3) is 0.423. The van der Waals surface area contributed by atoms with Gasteiger partial charge in [-0.25, -0.2) is 0 Å². The minimum absolute atomic E-state index is 0.106. The Kier molecular flexibility index (Phi) is 9.68. The van der Waals surface area contributed by atoms with Gasteiger partial charge in [-0.05, 0) is 67.4 Å². The molecule has 2 rings (SSSR count). The molecule has 0 aliphatic heterocycles. The Hall–Kier alpha value is -2.90. The fourth-order valence-corrected chi connectivity index (χ4v) is 4.17. The van der Waals surface area contributed by atoms with Crippen LogP contribution >= 0.6 is 11.6 Å². The largest absolute Gasteiger partial charge is 0.413 e. The van der Waals surface area contributed by atoms with Crippen LogP contribution < -0.4 is 16.2 Å². The SMILES string of the molecule is Cc1c(N[C@@H](C(=O)NNC(=O)c2ccc(CO[Si](C)(C)C(C)(C)C)cc2)[C@H](C)O)ccc(C#N)c1Cl. The van der Waals surface area contributed by atoms with E-state index in [4.69, 9.17) is 21.3 Å². The van der Waals surface area contributed by atoms with Gasteiger partial charge in [-0.2, -0.15) is 5.26 Å². The second-order valence-corrected chi connectivity index (χ2v) is 15.5. The van der Waals surface area contributed by atoms with Crippen molar-refractivity contribution in [3.63, 3.8) is 0 Å². The number of nitrogens with one attached hydrogen (secondary N) is 3. The average Bonchev–Trinajstić information content (AvgIpc) is 2.81. The number of hydrogen-bond donors (Lipinski definition) is 4. The normalized spacial score (nSPS) is 13.3. The summed E-state index contributed by atoms with van der Waals surface area (Å²) in [7, 11) is -1.88. The zero-order chi connectivity index (χ0) is 27.3. The Morgan fingerprint density at radius 1 is 1.14 bits per heavy atom. The number of anilines is 1. The molecule has 0 aromatic heterocycles. The molecule has 0 saturated carbocycles. The Morgan fingerprint density at radius 2 is 1.75 bits per heavy atom. The number of amides is 2. The maximum Gasteiger partial charge on any atom is 0.269 e. The van der Waals surface area contributed by atoms with Gasteiger partial charge in [0.05, 0.1) is 23.3 Å². The van der Waals surface area contributed by atoms with Crippen molar-refractivity contribution in [2.24, 2.45) is 0 Å². The Morgan fingerprint density at radius 3 is 2.28 bits per heavy atom. The standard InChI is InChI=1S/C26H35ClN4O4Si/c1-16-21(13-12-20(14-28)22(16)27)29-23(17(2)32)25(34)31-30-24(33)19-10-8-18(9-11-19)15-35-36(6,7)26(3,4)5/h8-13,17,23,29,32H,15H2,1-7H3,(H,30,33)(H,31,34)/t17-,23+/m0/s1. The van der Waals surface area contributed by atoms with Gasteiger partial charge in [0.2, 0.25) is 0 Å². The number of carbonyl (C=O) groups is 2. The highest BCUT2D eigenvalue weighted by Crippen LogP contribution is 2.37. The van der Waals surface area contributed by atoms with E-state index in [1.165, 1.54) is 13.0 Å². The van der Waals surface area contributed by atoms with Crippen molar-refractivity contribution < 1.29 is 19.1 Å². The second-order valence-electron chi connectivity index (χ2n) is 10.3. The molecule has 2 atom stereocenters. The van der Waals surface area contributed by atoms with Gasteiger partial charge in [0.1, 0.15) is 12.1 Å². The van der Waals surface area contributed by atoms with E-state index in [2.05, 4.69) is 50.0 Å². The molecule has 2 amide bonds. The van der Waals surface area contributed by atoms with Gasteiger partial charge in [-0.3, -0.25) is 20.4 Å². The second kappa shape index (κ2) is 11.9. The summed E-state index contributed by atoms with van der Waals surface area (Å²) in [5.41, 5.74) is 7.41. The van der Waals surface area contributed by atoms with E-state index in [0.29, 0.717) is 29.0 Å². The van der Waals surface area contributed by atoms with Gasteiger partial charge in [0, 0.05) is 11.3 Å². The monoisotopic (exact) mass is 530 g/mol. The van der Waals surface area contributed by atoms with Crippen molar-refractivity contribution in [1.29, 1.82) is 5.26 Å². The molecule has 0 radical (unpaired) electrons. The lowest BCUT2D eigenvalue weighted by atomic mass is 10.1. The number of halogens is 1. The van der Waals surface area contributed by atoms with Gasteiger partial charge in [0.15, 0.2) is 8.32 Å². The van der Waals surface area contributed by atoms with Gasteiger partial charge in [-0.15, -0.1) is 0 Å². The average molecular weight is 531 g/mol. The number of hydrazine groups is 1. The minimum Gasteiger partial charge on any atom is -0.413 e. The van der Waals surface area contributed by atoms with Crippen LogP contribution in [-0.4, -0.2) is 37.4 Å². The molecule has 194 valence electrons. The number of rotatable bonds is 8. The lowest BCUT2D eigenvalue weighted by Gasteiger charge is -2.36. The first-order valence-electron chi connectivity index (χ1n) is 11.6. The highest BCUT2D eigenvalue weighted by Gasteiger charge is 2.37. The molecule has 4 N–H and O–H groups in total. The molecule has 0 fully saturated rings. The lowest BCUT2D eigenvalue weighted by molar-refractivity contribution is -0.124. The maximum absolute atomic E-state index is 12.7. The number of nitrogens with zero attached hydrogens (tertiary/aromatic N) is 1. The molecule has 36 heavy (non-hydrogen) atoms. The van der Waals surface area contributed by atoms with E-state index in [1.54, 1.807) is 25.1 Å². The third kappa shape index (κ3) is 7.31. The summed E-state index contributed by atoms with van der Waals surface area (Å²) in [6, 6.07) is 11.0.